The molecule has 4 aromatic rings. The summed E-state index contributed by atoms with van der Waals surface area (Å²) in [5.74, 6) is 0.628. The van der Waals surface area contributed by atoms with Gasteiger partial charge in [0.2, 0.25) is 6.79 Å². The molecule has 0 aliphatic carbocycles. The van der Waals surface area contributed by atoms with Crippen molar-refractivity contribution in [2.75, 3.05) is 6.79 Å². The van der Waals surface area contributed by atoms with Crippen molar-refractivity contribution in [2.45, 2.75) is 13.5 Å². The number of aromatic nitrogens is 2. The summed E-state index contributed by atoms with van der Waals surface area (Å²) in [6.45, 7) is 2.45. The number of benzene rings is 3. The predicted octanol–water partition coefficient (Wildman–Crippen LogP) is 4.65. The van der Waals surface area contributed by atoms with Gasteiger partial charge in [-0.2, -0.15) is 5.10 Å². The quantitative estimate of drug-likeness (QED) is 0.502. The van der Waals surface area contributed by atoms with E-state index < -0.39 is 5.82 Å². The normalized spacial score (nSPS) is 12.1. The lowest BCUT2D eigenvalue weighted by Gasteiger charge is -2.09. The Morgan fingerprint density at radius 1 is 1.03 bits per heavy atom. The summed E-state index contributed by atoms with van der Waals surface area (Å²) in [5.41, 5.74) is 3.66. The van der Waals surface area contributed by atoms with Crippen LogP contribution in [0.2, 0.25) is 0 Å². The molecule has 0 radical (unpaired) electrons. The monoisotopic (exact) mass is 429 g/mol. The first kappa shape index (κ1) is 19.8. The lowest BCUT2D eigenvalue weighted by atomic mass is 10.1. The van der Waals surface area contributed by atoms with Crippen molar-refractivity contribution in [1.82, 2.24) is 15.1 Å². The van der Waals surface area contributed by atoms with Crippen LogP contribution in [-0.2, 0) is 6.54 Å². The molecule has 6 nitrogen and oxygen atoms in total. The summed E-state index contributed by atoms with van der Waals surface area (Å²) in [4.78, 5) is 13.1. The van der Waals surface area contributed by atoms with E-state index in [0.717, 1.165) is 16.8 Å². The fraction of sp³-hybridized carbons (Fsp3) is 0.120. The maximum atomic E-state index is 14.4. The first-order chi connectivity index (χ1) is 15.6. The Hall–Kier alpha value is -4.13. The van der Waals surface area contributed by atoms with Crippen LogP contribution in [0.25, 0.3) is 16.9 Å². The molecule has 0 spiro atoms. The van der Waals surface area contributed by atoms with Gasteiger partial charge in [0.15, 0.2) is 11.5 Å². The molecule has 1 N–H and O–H groups in total. The summed E-state index contributed by atoms with van der Waals surface area (Å²) in [6.07, 6.45) is 0. The van der Waals surface area contributed by atoms with E-state index in [2.05, 4.69) is 10.4 Å². The Morgan fingerprint density at radius 2 is 1.88 bits per heavy atom. The molecular formula is C25H20FN3O3. The number of rotatable bonds is 5. The number of fused-ring (bicyclic) bond motifs is 1. The number of nitrogens with one attached hydrogen (secondary N) is 1. The summed E-state index contributed by atoms with van der Waals surface area (Å²) in [5, 5.41) is 7.48. The van der Waals surface area contributed by atoms with E-state index in [1.807, 2.05) is 49.4 Å². The molecule has 2 heterocycles. The summed E-state index contributed by atoms with van der Waals surface area (Å²) < 4.78 is 26.7. The van der Waals surface area contributed by atoms with Gasteiger partial charge in [0.1, 0.15) is 11.5 Å². The van der Waals surface area contributed by atoms with Crippen LogP contribution in [0.3, 0.4) is 0 Å². The van der Waals surface area contributed by atoms with E-state index in [1.165, 1.54) is 6.07 Å². The van der Waals surface area contributed by atoms with E-state index in [1.54, 1.807) is 28.9 Å². The highest BCUT2D eigenvalue weighted by atomic mass is 19.1. The molecule has 0 saturated heterocycles. The van der Waals surface area contributed by atoms with Crippen LogP contribution >= 0.6 is 0 Å². The standard InChI is InChI=1S/C25H20FN3O3/c1-16-5-4-6-18(11-16)29-22(13-21(28-29)19-7-2-3-8-20(19)26)25(30)27-14-17-9-10-23-24(12-17)32-15-31-23/h2-13H,14-15H2,1H3,(H,27,30). The Morgan fingerprint density at radius 3 is 2.72 bits per heavy atom. The second-order valence-electron chi connectivity index (χ2n) is 7.52. The molecular weight excluding hydrogens is 409 g/mol. The predicted molar refractivity (Wildman–Crippen MR) is 117 cm³/mol. The second-order valence-corrected chi connectivity index (χ2v) is 7.52. The highest BCUT2D eigenvalue weighted by molar-refractivity contribution is 5.94. The molecule has 3 aromatic carbocycles. The van der Waals surface area contributed by atoms with Crippen molar-refractivity contribution in [1.29, 1.82) is 0 Å². The van der Waals surface area contributed by atoms with E-state index in [-0.39, 0.29) is 12.7 Å². The second kappa shape index (κ2) is 8.19. The van der Waals surface area contributed by atoms with Crippen LogP contribution in [-0.4, -0.2) is 22.5 Å². The third-order valence-corrected chi connectivity index (χ3v) is 5.23. The molecule has 0 unspecified atom stereocenters. The maximum Gasteiger partial charge on any atom is 0.270 e. The molecule has 1 aromatic heterocycles. The molecule has 5 rings (SSSR count). The molecule has 160 valence electrons. The van der Waals surface area contributed by atoms with Crippen LogP contribution in [0.5, 0.6) is 11.5 Å². The van der Waals surface area contributed by atoms with Crippen LogP contribution in [0.15, 0.2) is 72.8 Å². The van der Waals surface area contributed by atoms with Gasteiger partial charge in [-0.05, 0) is 60.5 Å². The smallest absolute Gasteiger partial charge is 0.270 e. The van der Waals surface area contributed by atoms with Gasteiger partial charge >= 0.3 is 0 Å². The highest BCUT2D eigenvalue weighted by Crippen LogP contribution is 2.32. The number of halogens is 1. The zero-order valence-electron chi connectivity index (χ0n) is 17.3. The van der Waals surface area contributed by atoms with Crippen LogP contribution in [0.4, 0.5) is 4.39 Å². The minimum Gasteiger partial charge on any atom is -0.454 e. The number of hydrogen-bond acceptors (Lipinski definition) is 4. The van der Waals surface area contributed by atoms with Gasteiger partial charge in [0.05, 0.1) is 11.4 Å². The van der Waals surface area contributed by atoms with E-state index >= 15 is 0 Å². The fourth-order valence-corrected chi connectivity index (χ4v) is 3.62. The van der Waals surface area contributed by atoms with Crippen molar-refractivity contribution < 1.29 is 18.7 Å². The Bertz CT molecular complexity index is 1320. The summed E-state index contributed by atoms with van der Waals surface area (Å²) in [6, 6.07) is 21.2. The average Bonchev–Trinajstić information content (AvgIpc) is 3.45. The van der Waals surface area contributed by atoms with Crippen molar-refractivity contribution in [3.8, 4) is 28.4 Å². The van der Waals surface area contributed by atoms with Gasteiger partial charge in [-0.15, -0.1) is 0 Å². The van der Waals surface area contributed by atoms with E-state index in [0.29, 0.717) is 35.0 Å². The highest BCUT2D eigenvalue weighted by Gasteiger charge is 2.20. The zero-order valence-corrected chi connectivity index (χ0v) is 17.3. The number of carbonyl (C=O) groups is 1. The maximum absolute atomic E-state index is 14.4. The van der Waals surface area contributed by atoms with Crippen LogP contribution < -0.4 is 14.8 Å². The van der Waals surface area contributed by atoms with Crippen molar-refractivity contribution in [3.05, 3.63) is 95.4 Å². The van der Waals surface area contributed by atoms with Gasteiger partial charge in [-0.25, -0.2) is 9.07 Å². The molecule has 0 bridgehead atoms. The van der Waals surface area contributed by atoms with Gasteiger partial charge in [-0.1, -0.05) is 30.3 Å². The third-order valence-electron chi connectivity index (χ3n) is 5.23. The molecule has 1 aliphatic rings. The first-order valence-electron chi connectivity index (χ1n) is 10.2. The fourth-order valence-electron chi connectivity index (χ4n) is 3.62. The Kier molecular flexibility index (Phi) is 5.07. The molecule has 1 aliphatic heterocycles. The van der Waals surface area contributed by atoms with Gasteiger partial charge in [0.25, 0.3) is 5.91 Å². The minimum absolute atomic E-state index is 0.194. The number of nitrogens with zero attached hydrogens (tertiary/aromatic N) is 2. The molecule has 1 amide bonds. The number of ether oxygens (including phenoxy) is 2. The first-order valence-corrected chi connectivity index (χ1v) is 10.2. The largest absolute Gasteiger partial charge is 0.454 e. The van der Waals surface area contributed by atoms with Gasteiger partial charge in [0, 0.05) is 12.1 Å². The van der Waals surface area contributed by atoms with Gasteiger partial charge in [-0.3, -0.25) is 4.79 Å². The molecule has 0 saturated carbocycles. The number of amides is 1. The summed E-state index contributed by atoms with van der Waals surface area (Å²) >= 11 is 0. The Balaban J connectivity index is 1.47. The minimum atomic E-state index is -0.395. The SMILES string of the molecule is Cc1cccc(-n2nc(-c3ccccc3F)cc2C(=O)NCc2ccc3c(c2)OCO3)c1. The lowest BCUT2D eigenvalue weighted by molar-refractivity contribution is 0.0943. The summed E-state index contributed by atoms with van der Waals surface area (Å²) in [7, 11) is 0. The van der Waals surface area contributed by atoms with Crippen molar-refractivity contribution in [2.24, 2.45) is 0 Å². The zero-order chi connectivity index (χ0) is 22.1. The molecule has 32 heavy (non-hydrogen) atoms. The molecule has 0 atom stereocenters. The lowest BCUT2D eigenvalue weighted by Crippen LogP contribution is -2.25. The van der Waals surface area contributed by atoms with E-state index in [4.69, 9.17) is 9.47 Å². The van der Waals surface area contributed by atoms with Crippen LogP contribution in [0.1, 0.15) is 21.6 Å². The number of aryl methyl sites for hydroxylation is 1. The average molecular weight is 429 g/mol. The van der Waals surface area contributed by atoms with Crippen molar-refractivity contribution in [3.63, 3.8) is 0 Å². The Labute approximate surface area is 184 Å². The van der Waals surface area contributed by atoms with Gasteiger partial charge < -0.3 is 14.8 Å². The number of carbonyl (C=O) groups excluding carboxylic acids is 1. The molecule has 0 fully saturated rings. The van der Waals surface area contributed by atoms with E-state index in [9.17, 15) is 9.18 Å². The third kappa shape index (κ3) is 3.80. The van der Waals surface area contributed by atoms with Crippen molar-refractivity contribution >= 4 is 5.91 Å². The molecule has 7 heteroatoms. The van der Waals surface area contributed by atoms with Crippen LogP contribution in [0, 0.1) is 12.7 Å². The topological polar surface area (TPSA) is 65.4 Å². The number of hydrogen-bond donors (Lipinski definition) is 1.